The number of carbonyl (C=O) groups is 2. The van der Waals surface area contributed by atoms with Crippen molar-refractivity contribution in [1.82, 2.24) is 15.1 Å². The summed E-state index contributed by atoms with van der Waals surface area (Å²) in [6, 6.07) is -0.257. The summed E-state index contributed by atoms with van der Waals surface area (Å²) in [5.41, 5.74) is 0. The molecular formula is C17H29N3O2S. The monoisotopic (exact) mass is 339 g/mol. The first-order valence-electron chi connectivity index (χ1n) is 9.11. The molecule has 0 spiro atoms. The third kappa shape index (κ3) is 4.63. The minimum atomic E-state index is -0.257. The van der Waals surface area contributed by atoms with Crippen LogP contribution in [0.25, 0.3) is 0 Å². The zero-order valence-corrected chi connectivity index (χ0v) is 14.8. The summed E-state index contributed by atoms with van der Waals surface area (Å²) in [6.07, 6.45) is 6.90. The van der Waals surface area contributed by atoms with E-state index in [4.69, 9.17) is 0 Å². The highest BCUT2D eigenvalue weighted by Crippen LogP contribution is 2.26. The van der Waals surface area contributed by atoms with Crippen LogP contribution in [0.2, 0.25) is 0 Å². The number of nitrogens with zero attached hydrogens (tertiary/aromatic N) is 2. The molecule has 1 atom stereocenters. The van der Waals surface area contributed by atoms with Crippen LogP contribution in [0.3, 0.4) is 0 Å². The molecule has 3 fully saturated rings. The normalized spacial score (nSPS) is 27.7. The molecular weight excluding hydrogens is 310 g/mol. The van der Waals surface area contributed by atoms with E-state index in [1.54, 1.807) is 0 Å². The number of rotatable bonds is 4. The lowest BCUT2D eigenvalue weighted by Gasteiger charge is -2.38. The summed E-state index contributed by atoms with van der Waals surface area (Å²) in [4.78, 5) is 29.1. The number of hydrogen-bond acceptors (Lipinski definition) is 4. The van der Waals surface area contributed by atoms with Gasteiger partial charge in [0.25, 0.3) is 0 Å². The van der Waals surface area contributed by atoms with E-state index in [0.29, 0.717) is 12.3 Å². The van der Waals surface area contributed by atoms with E-state index in [1.807, 2.05) is 16.7 Å². The van der Waals surface area contributed by atoms with E-state index in [9.17, 15) is 9.59 Å². The van der Waals surface area contributed by atoms with Gasteiger partial charge in [-0.3, -0.25) is 14.5 Å². The summed E-state index contributed by atoms with van der Waals surface area (Å²) in [5.74, 6) is 2.95. The highest BCUT2D eigenvalue weighted by Gasteiger charge is 2.34. The van der Waals surface area contributed by atoms with Crippen molar-refractivity contribution >= 4 is 23.6 Å². The van der Waals surface area contributed by atoms with Gasteiger partial charge in [0, 0.05) is 44.2 Å². The van der Waals surface area contributed by atoms with Gasteiger partial charge in [0.1, 0.15) is 0 Å². The number of hydrogen-bond donors (Lipinski definition) is 1. The predicted octanol–water partition coefficient (Wildman–Crippen LogP) is 1.33. The van der Waals surface area contributed by atoms with Crippen LogP contribution < -0.4 is 5.32 Å². The fraction of sp³-hybridized carbons (Fsp3) is 0.882. The van der Waals surface area contributed by atoms with Gasteiger partial charge in [-0.25, -0.2) is 0 Å². The van der Waals surface area contributed by atoms with Crippen LogP contribution in [-0.4, -0.2) is 71.9 Å². The minimum Gasteiger partial charge on any atom is -0.353 e. The molecule has 5 nitrogen and oxygen atoms in total. The lowest BCUT2D eigenvalue weighted by atomic mass is 9.88. The number of carbonyl (C=O) groups excluding carboxylic acids is 2. The number of nitrogens with one attached hydrogen (secondary N) is 1. The van der Waals surface area contributed by atoms with Gasteiger partial charge in [0.05, 0.1) is 12.5 Å². The van der Waals surface area contributed by atoms with E-state index >= 15 is 0 Å². The maximum absolute atomic E-state index is 12.6. The van der Waals surface area contributed by atoms with Gasteiger partial charge >= 0.3 is 0 Å². The molecule has 0 aromatic rings. The average molecular weight is 340 g/mol. The van der Waals surface area contributed by atoms with Gasteiger partial charge in [-0.15, -0.1) is 0 Å². The first kappa shape index (κ1) is 17.1. The quantitative estimate of drug-likeness (QED) is 0.840. The largest absolute Gasteiger partial charge is 0.353 e. The molecule has 1 aliphatic carbocycles. The minimum absolute atomic E-state index is 0.0480. The van der Waals surface area contributed by atoms with Crippen molar-refractivity contribution < 1.29 is 9.59 Å². The Balaban J connectivity index is 1.58. The summed E-state index contributed by atoms with van der Waals surface area (Å²) in [5, 5.41) is 2.95. The highest BCUT2D eigenvalue weighted by atomic mass is 32.2. The van der Waals surface area contributed by atoms with E-state index < -0.39 is 0 Å². The zero-order valence-electron chi connectivity index (χ0n) is 14.0. The maximum atomic E-state index is 12.6. The summed E-state index contributed by atoms with van der Waals surface area (Å²) in [6.45, 7) is 4.26. The van der Waals surface area contributed by atoms with Gasteiger partial charge in [-0.1, -0.05) is 19.3 Å². The Morgan fingerprint density at radius 1 is 1.13 bits per heavy atom. The van der Waals surface area contributed by atoms with Crippen molar-refractivity contribution in [3.63, 3.8) is 0 Å². The Hall–Kier alpha value is -0.750. The average Bonchev–Trinajstić information content (AvgIpc) is 2.59. The van der Waals surface area contributed by atoms with E-state index in [0.717, 1.165) is 44.2 Å². The molecule has 0 aromatic heterocycles. The van der Waals surface area contributed by atoms with E-state index in [-0.39, 0.29) is 17.9 Å². The lowest BCUT2D eigenvalue weighted by molar-refractivity contribution is -0.139. The molecule has 1 saturated carbocycles. The molecule has 2 heterocycles. The van der Waals surface area contributed by atoms with E-state index in [1.165, 1.54) is 32.1 Å². The van der Waals surface area contributed by atoms with Gasteiger partial charge in [0.2, 0.25) is 11.8 Å². The first-order valence-corrected chi connectivity index (χ1v) is 10.3. The van der Waals surface area contributed by atoms with Crippen molar-refractivity contribution in [3.8, 4) is 0 Å². The number of amides is 2. The summed E-state index contributed by atoms with van der Waals surface area (Å²) in [7, 11) is 0. The highest BCUT2D eigenvalue weighted by molar-refractivity contribution is 7.99. The van der Waals surface area contributed by atoms with Crippen molar-refractivity contribution in [1.29, 1.82) is 0 Å². The Bertz CT molecular complexity index is 420. The van der Waals surface area contributed by atoms with Crippen molar-refractivity contribution in [3.05, 3.63) is 0 Å². The Morgan fingerprint density at radius 2 is 1.87 bits per heavy atom. The predicted molar refractivity (Wildman–Crippen MR) is 93.5 cm³/mol. The molecule has 2 saturated heterocycles. The third-order valence-electron chi connectivity index (χ3n) is 5.39. The molecule has 130 valence electrons. The molecule has 3 aliphatic rings. The number of thioether (sulfide) groups is 1. The van der Waals surface area contributed by atoms with Crippen LogP contribution in [0.15, 0.2) is 0 Å². The van der Waals surface area contributed by atoms with Gasteiger partial charge in [0.15, 0.2) is 0 Å². The molecule has 2 aliphatic heterocycles. The smallest absolute Gasteiger partial charge is 0.237 e. The number of piperazine rings is 1. The topological polar surface area (TPSA) is 52.7 Å². The van der Waals surface area contributed by atoms with Crippen LogP contribution >= 0.6 is 11.8 Å². The molecule has 23 heavy (non-hydrogen) atoms. The van der Waals surface area contributed by atoms with Crippen molar-refractivity contribution in [2.75, 3.05) is 44.2 Å². The standard InChI is InChI=1S/C17H29N3O2S/c21-16(19-8-10-23-11-9-19)12-15-17(22)18-6-7-20(15)13-14-4-2-1-3-5-14/h14-15H,1-13H2,(H,18,22). The summed E-state index contributed by atoms with van der Waals surface area (Å²) < 4.78 is 0. The van der Waals surface area contributed by atoms with Crippen LogP contribution in [0.4, 0.5) is 0 Å². The van der Waals surface area contributed by atoms with Crippen molar-refractivity contribution in [2.45, 2.75) is 44.6 Å². The molecule has 0 aromatic carbocycles. The van der Waals surface area contributed by atoms with Crippen LogP contribution in [0.1, 0.15) is 38.5 Å². The molecule has 2 amide bonds. The Labute approximate surface area is 143 Å². The SMILES string of the molecule is O=C1NCCN(CC2CCCCC2)C1CC(=O)N1CCSCC1. The molecule has 3 rings (SSSR count). The maximum Gasteiger partial charge on any atom is 0.237 e. The lowest BCUT2D eigenvalue weighted by Crippen LogP contribution is -2.58. The molecule has 0 radical (unpaired) electrons. The fourth-order valence-corrected chi connectivity index (χ4v) is 4.91. The van der Waals surface area contributed by atoms with Crippen LogP contribution in [-0.2, 0) is 9.59 Å². The fourth-order valence-electron chi connectivity index (χ4n) is 4.01. The van der Waals surface area contributed by atoms with Crippen LogP contribution in [0, 0.1) is 5.92 Å². The third-order valence-corrected chi connectivity index (χ3v) is 6.33. The second-order valence-corrected chi connectivity index (χ2v) is 8.23. The Kier molecular flexibility index (Phi) is 6.22. The molecule has 0 bridgehead atoms. The molecule has 6 heteroatoms. The van der Waals surface area contributed by atoms with Crippen LogP contribution in [0.5, 0.6) is 0 Å². The van der Waals surface area contributed by atoms with Gasteiger partial charge in [-0.05, 0) is 18.8 Å². The molecule has 1 N–H and O–H groups in total. The van der Waals surface area contributed by atoms with Crippen molar-refractivity contribution in [2.24, 2.45) is 5.92 Å². The first-order chi connectivity index (χ1) is 11.2. The Morgan fingerprint density at radius 3 is 2.61 bits per heavy atom. The van der Waals surface area contributed by atoms with Gasteiger partial charge < -0.3 is 10.2 Å². The second kappa shape index (κ2) is 8.38. The molecule has 1 unspecified atom stereocenters. The van der Waals surface area contributed by atoms with Gasteiger partial charge in [-0.2, -0.15) is 11.8 Å². The van der Waals surface area contributed by atoms with E-state index in [2.05, 4.69) is 10.2 Å². The second-order valence-electron chi connectivity index (χ2n) is 7.00. The zero-order chi connectivity index (χ0) is 16.1. The summed E-state index contributed by atoms with van der Waals surface area (Å²) >= 11 is 1.90.